The quantitative estimate of drug-likeness (QED) is 0.0962. The van der Waals surface area contributed by atoms with Crippen LogP contribution in [0.25, 0.3) is 10.9 Å². The summed E-state index contributed by atoms with van der Waals surface area (Å²) in [6, 6.07) is 28.7. The summed E-state index contributed by atoms with van der Waals surface area (Å²) in [6.07, 6.45) is -7.26. The van der Waals surface area contributed by atoms with Crippen molar-refractivity contribution in [3.63, 3.8) is 0 Å². The fraction of sp³-hybridized carbons (Fsp3) is 0.500. The molecule has 15 nitrogen and oxygen atoms in total. The molecule has 6 atom stereocenters. The molecule has 2 saturated heterocycles. The van der Waals surface area contributed by atoms with Gasteiger partial charge >= 0.3 is 23.9 Å². The Labute approximate surface area is 393 Å². The number of fused-ring (bicyclic) bond motifs is 1. The standard InChI is InChI=1S/C52H65N3O12/c1-50(2,3)47(58)65-40-41(66-48(59)51(4,5)6)43(67-49(60)52(7,8)9)46(64-42(40)45(57)61-10)63-35(32-62-38-25-17-24-37-36(38)23-18-26-53-37)31-54-27-29-55(30-28-54)44(56)39(33-19-13-11-14-20-33)34-21-15-12-16-22-34/h11-26,35,39-43,46H,27-32H2,1-10H3/t35-,40+,41+,42+,43-,46-/m1/s1. The molecule has 2 fully saturated rings. The molecule has 1 aromatic heterocycles. The minimum Gasteiger partial charge on any atom is -0.490 e. The van der Waals surface area contributed by atoms with Crippen LogP contribution in [0.15, 0.2) is 97.2 Å². The maximum atomic E-state index is 14.4. The van der Waals surface area contributed by atoms with Gasteiger partial charge in [-0.25, -0.2) is 4.79 Å². The summed E-state index contributed by atoms with van der Waals surface area (Å²) < 4.78 is 43.2. The number of esters is 4. The molecule has 0 aliphatic carbocycles. The number of rotatable bonds is 14. The van der Waals surface area contributed by atoms with E-state index in [2.05, 4.69) is 9.88 Å². The van der Waals surface area contributed by atoms with Crippen molar-refractivity contribution in [1.29, 1.82) is 0 Å². The van der Waals surface area contributed by atoms with Gasteiger partial charge in [0.15, 0.2) is 30.7 Å². The number of carbonyl (C=O) groups is 5. The average molecular weight is 924 g/mol. The highest BCUT2D eigenvalue weighted by Crippen LogP contribution is 2.36. The topological polar surface area (TPSA) is 169 Å². The normalized spacial score (nSPS) is 21.0. The Balaban J connectivity index is 1.34. The molecular formula is C52H65N3O12. The zero-order valence-corrected chi connectivity index (χ0v) is 40.3. The summed E-state index contributed by atoms with van der Waals surface area (Å²) in [5.74, 6) is -3.08. The molecule has 0 saturated carbocycles. The molecule has 3 heterocycles. The minimum absolute atomic E-state index is 0.0109. The van der Waals surface area contributed by atoms with E-state index in [0.717, 1.165) is 23.6 Å². The second kappa shape index (κ2) is 21.4. The first kappa shape index (κ1) is 50.5. The fourth-order valence-corrected chi connectivity index (χ4v) is 7.61. The van der Waals surface area contributed by atoms with E-state index in [9.17, 15) is 24.0 Å². The van der Waals surface area contributed by atoms with Crippen molar-refractivity contribution in [2.75, 3.05) is 46.4 Å². The maximum Gasteiger partial charge on any atom is 0.339 e. The summed E-state index contributed by atoms with van der Waals surface area (Å²) in [4.78, 5) is 77.8. The third kappa shape index (κ3) is 12.8. The van der Waals surface area contributed by atoms with Gasteiger partial charge in [0, 0.05) is 44.3 Å². The van der Waals surface area contributed by atoms with E-state index >= 15 is 0 Å². The maximum absolute atomic E-state index is 14.4. The molecule has 67 heavy (non-hydrogen) atoms. The van der Waals surface area contributed by atoms with Gasteiger partial charge in [-0.2, -0.15) is 0 Å². The second-order valence-electron chi connectivity index (χ2n) is 20.1. The second-order valence-corrected chi connectivity index (χ2v) is 20.1. The Bertz CT molecular complexity index is 2290. The highest BCUT2D eigenvalue weighted by atomic mass is 16.7. The number of nitrogens with zero attached hydrogens (tertiary/aromatic N) is 3. The molecular weight excluding hydrogens is 859 g/mol. The van der Waals surface area contributed by atoms with Gasteiger partial charge in [-0.05, 0) is 97.7 Å². The van der Waals surface area contributed by atoms with Crippen LogP contribution < -0.4 is 4.74 Å². The SMILES string of the molecule is COC(=O)[C@H]1O[C@@H](O[C@@H](COc2cccc3ncccc23)CN2CCN(C(=O)C(c3ccccc3)c3ccccc3)CC2)[C@H](OC(=O)C(C)(C)C)[C@@H](OC(=O)C(C)(C)C)[C@@H]1OC(=O)C(C)(C)C. The molecule has 0 radical (unpaired) electrons. The smallest absolute Gasteiger partial charge is 0.339 e. The van der Waals surface area contributed by atoms with Gasteiger partial charge in [-0.3, -0.25) is 29.1 Å². The first-order valence-electron chi connectivity index (χ1n) is 22.7. The number of hydrogen-bond acceptors (Lipinski definition) is 14. The van der Waals surface area contributed by atoms with E-state index in [1.165, 1.54) is 0 Å². The van der Waals surface area contributed by atoms with Gasteiger partial charge < -0.3 is 38.1 Å². The monoisotopic (exact) mass is 923 g/mol. The van der Waals surface area contributed by atoms with Crippen LogP contribution in [-0.2, 0) is 52.4 Å². The van der Waals surface area contributed by atoms with Gasteiger partial charge in [0.1, 0.15) is 18.5 Å². The summed E-state index contributed by atoms with van der Waals surface area (Å²) in [7, 11) is 1.15. The molecule has 1 amide bonds. The molecule has 0 spiro atoms. The van der Waals surface area contributed by atoms with Crippen LogP contribution in [0, 0.1) is 16.2 Å². The zero-order valence-electron chi connectivity index (χ0n) is 40.3. The number of pyridine rings is 1. The number of carbonyl (C=O) groups excluding carboxylic acids is 5. The van der Waals surface area contributed by atoms with Crippen molar-refractivity contribution in [1.82, 2.24) is 14.8 Å². The van der Waals surface area contributed by atoms with Crippen LogP contribution in [0.4, 0.5) is 0 Å². The highest BCUT2D eigenvalue weighted by Gasteiger charge is 2.57. The van der Waals surface area contributed by atoms with Crippen LogP contribution >= 0.6 is 0 Å². The molecule has 0 bridgehead atoms. The van der Waals surface area contributed by atoms with Crippen LogP contribution in [-0.4, -0.2) is 128 Å². The van der Waals surface area contributed by atoms with E-state index in [-0.39, 0.29) is 19.1 Å². The highest BCUT2D eigenvalue weighted by molar-refractivity contribution is 5.87. The lowest BCUT2D eigenvalue weighted by Crippen LogP contribution is -2.65. The Kier molecular flexibility index (Phi) is 16.1. The third-order valence-corrected chi connectivity index (χ3v) is 11.5. The molecule has 2 aliphatic rings. The van der Waals surface area contributed by atoms with Crippen molar-refractivity contribution >= 4 is 40.7 Å². The van der Waals surface area contributed by atoms with Crippen molar-refractivity contribution in [2.45, 2.75) is 105 Å². The average Bonchev–Trinajstić information content (AvgIpc) is 3.29. The lowest BCUT2D eigenvalue weighted by molar-refractivity contribution is -0.315. The van der Waals surface area contributed by atoms with Crippen LogP contribution in [0.1, 0.15) is 79.4 Å². The van der Waals surface area contributed by atoms with E-state index < -0.39 is 82.8 Å². The lowest BCUT2D eigenvalue weighted by Gasteiger charge is -2.46. The van der Waals surface area contributed by atoms with Crippen molar-refractivity contribution in [3.05, 3.63) is 108 Å². The first-order valence-corrected chi connectivity index (χ1v) is 22.7. The van der Waals surface area contributed by atoms with Crippen LogP contribution in [0.5, 0.6) is 5.75 Å². The summed E-state index contributed by atoms with van der Waals surface area (Å²) in [5, 5.41) is 0.761. The van der Waals surface area contributed by atoms with Gasteiger partial charge in [-0.15, -0.1) is 0 Å². The number of aromatic nitrogens is 1. The third-order valence-electron chi connectivity index (χ3n) is 11.5. The lowest BCUT2D eigenvalue weighted by atomic mass is 9.90. The molecule has 3 aromatic carbocycles. The molecule has 2 aliphatic heterocycles. The number of ether oxygens (including phenoxy) is 7. The Morgan fingerprint density at radius 3 is 1.73 bits per heavy atom. The molecule has 4 aromatic rings. The fourth-order valence-electron chi connectivity index (χ4n) is 7.61. The van der Waals surface area contributed by atoms with Crippen molar-refractivity contribution in [2.24, 2.45) is 16.2 Å². The van der Waals surface area contributed by atoms with E-state index in [4.69, 9.17) is 33.2 Å². The summed E-state index contributed by atoms with van der Waals surface area (Å²) in [5.41, 5.74) is -0.701. The van der Waals surface area contributed by atoms with Crippen molar-refractivity contribution in [3.8, 4) is 5.75 Å². The largest absolute Gasteiger partial charge is 0.490 e. The molecule has 0 unspecified atom stereocenters. The Hall–Kier alpha value is -5.90. The number of piperazine rings is 1. The predicted octanol–water partition coefficient (Wildman–Crippen LogP) is 6.75. The van der Waals surface area contributed by atoms with Gasteiger partial charge in [-0.1, -0.05) is 66.7 Å². The Morgan fingerprint density at radius 2 is 1.19 bits per heavy atom. The van der Waals surface area contributed by atoms with E-state index in [0.29, 0.717) is 37.4 Å². The number of hydrogen-bond donors (Lipinski definition) is 0. The number of methoxy groups -OCH3 is 1. The van der Waals surface area contributed by atoms with Crippen molar-refractivity contribution < 1.29 is 57.1 Å². The molecule has 0 N–H and O–H groups in total. The summed E-state index contributed by atoms with van der Waals surface area (Å²) in [6.45, 7) is 16.7. The van der Waals surface area contributed by atoms with Crippen LogP contribution in [0.3, 0.4) is 0 Å². The molecule has 6 rings (SSSR count). The predicted molar refractivity (Wildman–Crippen MR) is 249 cm³/mol. The van der Waals surface area contributed by atoms with Crippen LogP contribution in [0.2, 0.25) is 0 Å². The van der Waals surface area contributed by atoms with Gasteiger partial charge in [0.05, 0.1) is 34.8 Å². The van der Waals surface area contributed by atoms with Gasteiger partial charge in [0.25, 0.3) is 0 Å². The number of amides is 1. The van der Waals surface area contributed by atoms with Gasteiger partial charge in [0.2, 0.25) is 5.91 Å². The minimum atomic E-state index is -1.69. The zero-order chi connectivity index (χ0) is 48.7. The molecule has 15 heteroatoms. The molecule has 360 valence electrons. The number of benzene rings is 3. The van der Waals surface area contributed by atoms with E-state index in [1.54, 1.807) is 68.5 Å². The Morgan fingerprint density at radius 1 is 0.657 bits per heavy atom. The van der Waals surface area contributed by atoms with E-state index in [1.807, 2.05) is 95.9 Å². The first-order chi connectivity index (χ1) is 31.6. The summed E-state index contributed by atoms with van der Waals surface area (Å²) >= 11 is 0.